The van der Waals surface area contributed by atoms with Crippen LogP contribution in [0.5, 0.6) is 11.5 Å². The van der Waals surface area contributed by atoms with Crippen molar-refractivity contribution in [2.45, 2.75) is 37.2 Å². The molecule has 1 heterocycles. The van der Waals surface area contributed by atoms with Crippen molar-refractivity contribution in [3.63, 3.8) is 0 Å². The number of ether oxygens (including phenoxy) is 3. The summed E-state index contributed by atoms with van der Waals surface area (Å²) in [5.74, 6) is 0.597. The molecular formula is C22H23NO5S. The van der Waals surface area contributed by atoms with E-state index in [-0.39, 0.29) is 5.75 Å². The molecule has 0 spiro atoms. The molecule has 0 aromatic heterocycles. The molecule has 2 aliphatic rings. The number of benzene rings is 2. The molecule has 4 rings (SSSR count). The predicted molar refractivity (Wildman–Crippen MR) is 111 cm³/mol. The molecule has 0 bridgehead atoms. The molecule has 2 aromatic rings. The number of nitrogens with one attached hydrogen (secondary N) is 1. The Morgan fingerprint density at radius 3 is 2.72 bits per heavy atom. The second kappa shape index (κ2) is 8.78. The zero-order valence-corrected chi connectivity index (χ0v) is 17.1. The van der Waals surface area contributed by atoms with Crippen LogP contribution in [0.1, 0.15) is 24.5 Å². The zero-order chi connectivity index (χ0) is 20.2. The standard InChI is InChI=1S/C22H23NO5S/c1-14(22(25)23-17-6-8-19-20(12-17)27-10-9-26-19)28-21(24)13-29-18-7-5-15-3-2-4-16(15)11-18/h5-8,11-12,14H,2-4,9-10,13H2,1H3,(H,23,25). The monoisotopic (exact) mass is 413 g/mol. The summed E-state index contributed by atoms with van der Waals surface area (Å²) >= 11 is 1.43. The van der Waals surface area contributed by atoms with Gasteiger partial charge in [-0.2, -0.15) is 0 Å². The third kappa shape index (κ3) is 4.85. The van der Waals surface area contributed by atoms with E-state index in [4.69, 9.17) is 14.2 Å². The van der Waals surface area contributed by atoms with E-state index in [0.29, 0.717) is 30.4 Å². The third-order valence-corrected chi connectivity index (χ3v) is 5.88. The van der Waals surface area contributed by atoms with E-state index < -0.39 is 18.0 Å². The van der Waals surface area contributed by atoms with Crippen molar-refractivity contribution in [1.82, 2.24) is 0 Å². The van der Waals surface area contributed by atoms with Crippen LogP contribution in [0.2, 0.25) is 0 Å². The number of anilines is 1. The maximum Gasteiger partial charge on any atom is 0.317 e. The highest BCUT2D eigenvalue weighted by molar-refractivity contribution is 8.00. The average Bonchev–Trinajstić information content (AvgIpc) is 3.20. The number of thioether (sulfide) groups is 1. The van der Waals surface area contributed by atoms with Crippen LogP contribution in [0.3, 0.4) is 0 Å². The van der Waals surface area contributed by atoms with E-state index in [0.717, 1.165) is 17.7 Å². The molecule has 0 saturated heterocycles. The molecule has 0 radical (unpaired) electrons. The number of amides is 1. The number of rotatable bonds is 6. The molecule has 29 heavy (non-hydrogen) atoms. The van der Waals surface area contributed by atoms with Gasteiger partial charge >= 0.3 is 5.97 Å². The lowest BCUT2D eigenvalue weighted by Crippen LogP contribution is -2.30. The zero-order valence-electron chi connectivity index (χ0n) is 16.2. The van der Waals surface area contributed by atoms with Crippen LogP contribution in [0, 0.1) is 0 Å². The quantitative estimate of drug-likeness (QED) is 0.576. The van der Waals surface area contributed by atoms with Gasteiger partial charge in [0, 0.05) is 16.6 Å². The van der Waals surface area contributed by atoms with E-state index in [1.54, 1.807) is 25.1 Å². The van der Waals surface area contributed by atoms with Crippen LogP contribution < -0.4 is 14.8 Å². The number of carbonyl (C=O) groups excluding carboxylic acids is 2. The van der Waals surface area contributed by atoms with Crippen molar-refractivity contribution in [3.05, 3.63) is 47.5 Å². The minimum absolute atomic E-state index is 0.167. The molecule has 1 aliphatic heterocycles. The van der Waals surface area contributed by atoms with E-state index >= 15 is 0 Å². The van der Waals surface area contributed by atoms with Crippen LogP contribution in [-0.2, 0) is 27.2 Å². The molecule has 152 valence electrons. The van der Waals surface area contributed by atoms with Crippen LogP contribution >= 0.6 is 11.8 Å². The van der Waals surface area contributed by atoms with E-state index in [9.17, 15) is 9.59 Å². The molecule has 1 amide bonds. The lowest BCUT2D eigenvalue weighted by molar-refractivity contribution is -0.150. The molecular weight excluding hydrogens is 390 g/mol. The summed E-state index contributed by atoms with van der Waals surface area (Å²) in [6.07, 6.45) is 2.54. The summed E-state index contributed by atoms with van der Waals surface area (Å²) in [5.41, 5.74) is 3.34. The van der Waals surface area contributed by atoms with Gasteiger partial charge in [0.25, 0.3) is 5.91 Å². The highest BCUT2D eigenvalue weighted by atomic mass is 32.2. The lowest BCUT2D eigenvalue weighted by Gasteiger charge is -2.19. The van der Waals surface area contributed by atoms with Crippen molar-refractivity contribution in [2.75, 3.05) is 24.3 Å². The van der Waals surface area contributed by atoms with Crippen molar-refractivity contribution in [3.8, 4) is 11.5 Å². The maximum atomic E-state index is 12.4. The number of aryl methyl sites for hydroxylation is 2. The predicted octanol–water partition coefficient (Wildman–Crippen LogP) is 3.61. The second-order valence-corrected chi connectivity index (χ2v) is 8.10. The molecule has 6 nitrogen and oxygen atoms in total. The normalized spacial score (nSPS) is 15.3. The van der Waals surface area contributed by atoms with Gasteiger partial charge < -0.3 is 19.5 Å². The summed E-state index contributed by atoms with van der Waals surface area (Å²) in [7, 11) is 0. The van der Waals surface area contributed by atoms with Gasteiger partial charge in [-0.1, -0.05) is 6.07 Å². The Morgan fingerprint density at radius 2 is 1.86 bits per heavy atom. The van der Waals surface area contributed by atoms with Crippen LogP contribution in [0.15, 0.2) is 41.3 Å². The number of fused-ring (bicyclic) bond motifs is 2. The first-order valence-electron chi connectivity index (χ1n) is 9.73. The molecule has 0 fully saturated rings. The molecule has 7 heteroatoms. The van der Waals surface area contributed by atoms with Crippen molar-refractivity contribution in [2.24, 2.45) is 0 Å². The Kier molecular flexibility index (Phi) is 5.94. The molecule has 1 unspecified atom stereocenters. The summed E-state index contributed by atoms with van der Waals surface area (Å²) in [6.45, 7) is 2.54. The van der Waals surface area contributed by atoms with Gasteiger partial charge in [0.2, 0.25) is 0 Å². The highest BCUT2D eigenvalue weighted by Crippen LogP contribution is 2.32. The Balaban J connectivity index is 1.26. The highest BCUT2D eigenvalue weighted by Gasteiger charge is 2.20. The minimum atomic E-state index is -0.892. The van der Waals surface area contributed by atoms with Gasteiger partial charge in [-0.25, -0.2) is 0 Å². The van der Waals surface area contributed by atoms with Crippen molar-refractivity contribution in [1.29, 1.82) is 0 Å². The summed E-state index contributed by atoms with van der Waals surface area (Å²) in [6, 6.07) is 11.5. The van der Waals surface area contributed by atoms with Crippen molar-refractivity contribution >= 4 is 29.3 Å². The van der Waals surface area contributed by atoms with E-state index in [2.05, 4.69) is 17.4 Å². The topological polar surface area (TPSA) is 73.9 Å². The van der Waals surface area contributed by atoms with E-state index in [1.807, 2.05) is 6.07 Å². The van der Waals surface area contributed by atoms with Gasteiger partial charge in [-0.05, 0) is 61.6 Å². The van der Waals surface area contributed by atoms with Gasteiger partial charge in [-0.15, -0.1) is 11.8 Å². The summed E-state index contributed by atoms with van der Waals surface area (Å²) in [5, 5.41) is 2.74. The molecule has 1 aliphatic carbocycles. The minimum Gasteiger partial charge on any atom is -0.486 e. The maximum absolute atomic E-state index is 12.4. The van der Waals surface area contributed by atoms with Gasteiger partial charge in [-0.3, -0.25) is 9.59 Å². The molecule has 1 N–H and O–H groups in total. The second-order valence-electron chi connectivity index (χ2n) is 7.05. The first-order chi connectivity index (χ1) is 14.1. The number of esters is 1. The lowest BCUT2D eigenvalue weighted by atomic mass is 10.1. The largest absolute Gasteiger partial charge is 0.486 e. The van der Waals surface area contributed by atoms with Crippen LogP contribution in [0.25, 0.3) is 0 Å². The third-order valence-electron chi connectivity index (χ3n) is 4.91. The SMILES string of the molecule is CC(OC(=O)CSc1ccc2c(c1)CCC2)C(=O)Nc1ccc2c(c1)OCCO2. The Hall–Kier alpha value is -2.67. The van der Waals surface area contributed by atoms with Crippen LogP contribution in [0.4, 0.5) is 5.69 Å². The molecule has 1 atom stereocenters. The first-order valence-corrected chi connectivity index (χ1v) is 10.7. The fourth-order valence-electron chi connectivity index (χ4n) is 3.43. The van der Waals surface area contributed by atoms with Gasteiger partial charge in [0.15, 0.2) is 17.6 Å². The first kappa shape index (κ1) is 19.6. The Bertz CT molecular complexity index is 929. The fraction of sp³-hybridized carbons (Fsp3) is 0.364. The number of carbonyl (C=O) groups is 2. The Morgan fingerprint density at radius 1 is 1.07 bits per heavy atom. The fourth-order valence-corrected chi connectivity index (χ4v) is 4.17. The molecule has 2 aromatic carbocycles. The van der Waals surface area contributed by atoms with Gasteiger partial charge in [0.05, 0.1) is 5.75 Å². The smallest absolute Gasteiger partial charge is 0.317 e. The van der Waals surface area contributed by atoms with Crippen LogP contribution in [-0.4, -0.2) is 36.9 Å². The Labute approximate surface area is 173 Å². The summed E-state index contributed by atoms with van der Waals surface area (Å²) < 4.78 is 16.3. The molecule has 0 saturated carbocycles. The van der Waals surface area contributed by atoms with Crippen molar-refractivity contribution < 1.29 is 23.8 Å². The average molecular weight is 413 g/mol. The van der Waals surface area contributed by atoms with Gasteiger partial charge in [0.1, 0.15) is 13.2 Å². The van der Waals surface area contributed by atoms with E-state index in [1.165, 1.54) is 29.3 Å². The summed E-state index contributed by atoms with van der Waals surface area (Å²) in [4.78, 5) is 25.6. The number of hydrogen-bond acceptors (Lipinski definition) is 6. The number of hydrogen-bond donors (Lipinski definition) is 1.